The lowest BCUT2D eigenvalue weighted by molar-refractivity contribution is 1.29. The van der Waals surface area contributed by atoms with Crippen LogP contribution in [0.25, 0.3) is 11.0 Å². The first-order valence-electron chi connectivity index (χ1n) is 3.33. The predicted octanol–water partition coefficient (Wildman–Crippen LogP) is 2.89. The number of benzene rings is 1. The maximum atomic E-state index is 5.69. The highest BCUT2D eigenvalue weighted by Crippen LogP contribution is 2.15. The van der Waals surface area contributed by atoms with Crippen LogP contribution in [0.15, 0.2) is 24.4 Å². The summed E-state index contributed by atoms with van der Waals surface area (Å²) >= 11 is 7.92. The molecule has 1 heterocycles. The number of fused-ring (bicyclic) bond motifs is 1. The molecule has 0 unspecified atom stereocenters. The van der Waals surface area contributed by atoms with E-state index >= 15 is 0 Å². The van der Waals surface area contributed by atoms with Gasteiger partial charge >= 0.3 is 0 Å². The van der Waals surface area contributed by atoms with E-state index in [1.807, 2.05) is 18.2 Å². The first kappa shape index (κ1) is 8.19. The average Bonchev–Trinajstić information content (AvgIpc) is 2.03. The van der Waals surface area contributed by atoms with Crippen molar-refractivity contribution in [3.8, 4) is 0 Å². The summed E-state index contributed by atoms with van der Waals surface area (Å²) in [4.78, 5) is 8.26. The maximum Gasteiger partial charge on any atom is 0.148 e. The van der Waals surface area contributed by atoms with Gasteiger partial charge in [0, 0.05) is 3.57 Å². The molecule has 60 valence electrons. The molecule has 0 saturated carbocycles. The van der Waals surface area contributed by atoms with Crippen LogP contribution in [-0.2, 0) is 0 Å². The van der Waals surface area contributed by atoms with E-state index in [9.17, 15) is 0 Å². The van der Waals surface area contributed by atoms with Crippen molar-refractivity contribution in [2.45, 2.75) is 0 Å². The molecule has 0 fully saturated rings. The zero-order valence-electron chi connectivity index (χ0n) is 5.96. The standard InChI is InChI=1S/C8H4ClIN2/c9-8-4-11-6-2-1-5(10)3-7(6)12-8/h1-4H. The fourth-order valence-corrected chi connectivity index (χ4v) is 1.58. The smallest absolute Gasteiger partial charge is 0.148 e. The van der Waals surface area contributed by atoms with Gasteiger partial charge in [-0.05, 0) is 40.8 Å². The monoisotopic (exact) mass is 290 g/mol. The van der Waals surface area contributed by atoms with Crippen LogP contribution in [0.3, 0.4) is 0 Å². The molecule has 4 heteroatoms. The average molecular weight is 290 g/mol. The van der Waals surface area contributed by atoms with Crippen LogP contribution >= 0.6 is 34.2 Å². The van der Waals surface area contributed by atoms with Crippen LogP contribution in [0.1, 0.15) is 0 Å². The van der Waals surface area contributed by atoms with Crippen LogP contribution in [0, 0.1) is 3.57 Å². The topological polar surface area (TPSA) is 25.8 Å². The van der Waals surface area contributed by atoms with Crippen molar-refractivity contribution in [1.82, 2.24) is 9.97 Å². The molecule has 1 aromatic heterocycles. The van der Waals surface area contributed by atoms with Crippen molar-refractivity contribution in [3.05, 3.63) is 33.1 Å². The number of aromatic nitrogens is 2. The molecule has 0 N–H and O–H groups in total. The summed E-state index contributed by atoms with van der Waals surface area (Å²) in [6, 6.07) is 5.88. The van der Waals surface area contributed by atoms with Crippen LogP contribution in [0.2, 0.25) is 5.15 Å². The summed E-state index contributed by atoms with van der Waals surface area (Å²) in [5.41, 5.74) is 1.72. The molecule has 0 radical (unpaired) electrons. The van der Waals surface area contributed by atoms with E-state index in [1.54, 1.807) is 6.20 Å². The van der Waals surface area contributed by atoms with Gasteiger partial charge < -0.3 is 0 Å². The summed E-state index contributed by atoms with van der Waals surface area (Å²) in [5, 5.41) is 0.435. The van der Waals surface area contributed by atoms with Crippen molar-refractivity contribution in [3.63, 3.8) is 0 Å². The highest BCUT2D eigenvalue weighted by Gasteiger charge is 1.97. The van der Waals surface area contributed by atoms with E-state index in [0.29, 0.717) is 5.15 Å². The fourth-order valence-electron chi connectivity index (χ4n) is 0.962. The van der Waals surface area contributed by atoms with Crippen LogP contribution in [0.4, 0.5) is 0 Å². The Bertz CT molecular complexity index is 394. The zero-order chi connectivity index (χ0) is 8.55. The minimum Gasteiger partial charge on any atom is -0.251 e. The molecular weight excluding hydrogens is 286 g/mol. The molecule has 0 aliphatic carbocycles. The largest absolute Gasteiger partial charge is 0.251 e. The van der Waals surface area contributed by atoms with E-state index in [2.05, 4.69) is 32.6 Å². The van der Waals surface area contributed by atoms with Gasteiger partial charge in [-0.15, -0.1) is 0 Å². The number of halogens is 2. The molecule has 12 heavy (non-hydrogen) atoms. The minimum absolute atomic E-state index is 0.435. The fraction of sp³-hybridized carbons (Fsp3) is 0. The molecule has 0 spiro atoms. The SMILES string of the molecule is Clc1cnc2ccc(I)cc2n1. The normalized spacial score (nSPS) is 10.5. The van der Waals surface area contributed by atoms with Crippen molar-refractivity contribution in [1.29, 1.82) is 0 Å². The molecule has 0 aliphatic rings. The Morgan fingerprint density at radius 3 is 2.92 bits per heavy atom. The van der Waals surface area contributed by atoms with Crippen molar-refractivity contribution in [2.24, 2.45) is 0 Å². The lowest BCUT2D eigenvalue weighted by atomic mass is 10.3. The van der Waals surface area contributed by atoms with Gasteiger partial charge in [0.25, 0.3) is 0 Å². The van der Waals surface area contributed by atoms with Crippen LogP contribution < -0.4 is 0 Å². The lowest BCUT2D eigenvalue weighted by Crippen LogP contribution is -1.84. The Kier molecular flexibility index (Phi) is 2.14. The minimum atomic E-state index is 0.435. The Hall–Kier alpha value is -0.420. The van der Waals surface area contributed by atoms with Gasteiger partial charge in [-0.25, -0.2) is 4.98 Å². The second kappa shape index (κ2) is 3.14. The van der Waals surface area contributed by atoms with Crippen LogP contribution in [-0.4, -0.2) is 9.97 Å². The first-order valence-corrected chi connectivity index (χ1v) is 4.79. The molecule has 1 aromatic carbocycles. The maximum absolute atomic E-state index is 5.69. The van der Waals surface area contributed by atoms with Gasteiger partial charge in [-0.2, -0.15) is 0 Å². The molecule has 0 saturated heterocycles. The Morgan fingerprint density at radius 2 is 2.08 bits per heavy atom. The van der Waals surface area contributed by atoms with Gasteiger partial charge in [0.05, 0.1) is 17.2 Å². The summed E-state index contributed by atoms with van der Waals surface area (Å²) in [7, 11) is 0. The third-order valence-corrected chi connectivity index (χ3v) is 2.33. The van der Waals surface area contributed by atoms with E-state index in [1.165, 1.54) is 0 Å². The second-order valence-corrected chi connectivity index (χ2v) is 3.96. The van der Waals surface area contributed by atoms with Gasteiger partial charge in [0.15, 0.2) is 0 Å². The van der Waals surface area contributed by atoms with Gasteiger partial charge in [0.1, 0.15) is 5.15 Å². The molecule has 0 amide bonds. The van der Waals surface area contributed by atoms with E-state index < -0.39 is 0 Å². The summed E-state index contributed by atoms with van der Waals surface area (Å²) < 4.78 is 1.14. The first-order chi connectivity index (χ1) is 5.75. The molecule has 2 rings (SSSR count). The number of nitrogens with zero attached hydrogens (tertiary/aromatic N) is 2. The summed E-state index contributed by atoms with van der Waals surface area (Å²) in [6.45, 7) is 0. The van der Waals surface area contributed by atoms with Gasteiger partial charge in [0.2, 0.25) is 0 Å². The second-order valence-electron chi connectivity index (χ2n) is 2.33. The highest BCUT2D eigenvalue weighted by molar-refractivity contribution is 14.1. The Balaban J connectivity index is 2.80. The number of rotatable bonds is 0. The van der Waals surface area contributed by atoms with Crippen molar-refractivity contribution < 1.29 is 0 Å². The third-order valence-electron chi connectivity index (χ3n) is 1.47. The van der Waals surface area contributed by atoms with Gasteiger partial charge in [-0.1, -0.05) is 11.6 Å². The lowest BCUT2D eigenvalue weighted by Gasteiger charge is -1.96. The predicted molar refractivity (Wildman–Crippen MR) is 57.3 cm³/mol. The van der Waals surface area contributed by atoms with Crippen molar-refractivity contribution in [2.75, 3.05) is 0 Å². The third kappa shape index (κ3) is 1.51. The number of hydrogen-bond acceptors (Lipinski definition) is 2. The van der Waals surface area contributed by atoms with E-state index in [0.717, 1.165) is 14.6 Å². The summed E-state index contributed by atoms with van der Waals surface area (Å²) in [6.07, 6.45) is 1.55. The highest BCUT2D eigenvalue weighted by atomic mass is 127. The van der Waals surface area contributed by atoms with E-state index in [4.69, 9.17) is 11.6 Å². The molecule has 2 nitrogen and oxygen atoms in total. The Morgan fingerprint density at radius 1 is 1.25 bits per heavy atom. The molecular formula is C8H4ClIN2. The Labute approximate surface area is 88.1 Å². The summed E-state index contributed by atoms with van der Waals surface area (Å²) in [5.74, 6) is 0. The molecule has 2 aromatic rings. The molecule has 0 atom stereocenters. The zero-order valence-corrected chi connectivity index (χ0v) is 8.87. The van der Waals surface area contributed by atoms with Gasteiger partial charge in [-0.3, -0.25) is 4.98 Å². The number of hydrogen-bond donors (Lipinski definition) is 0. The van der Waals surface area contributed by atoms with Crippen LogP contribution in [0.5, 0.6) is 0 Å². The van der Waals surface area contributed by atoms with E-state index in [-0.39, 0.29) is 0 Å². The molecule has 0 bridgehead atoms. The van der Waals surface area contributed by atoms with Crippen molar-refractivity contribution >= 4 is 45.2 Å². The quantitative estimate of drug-likeness (QED) is 0.697. The molecule has 0 aliphatic heterocycles.